The first kappa shape index (κ1) is 10.9. The molecule has 1 aromatic carbocycles. The van der Waals surface area contributed by atoms with Gasteiger partial charge in [0.05, 0.1) is 6.04 Å². The molecule has 2 aromatic rings. The topological polar surface area (TPSA) is 26.0 Å². The van der Waals surface area contributed by atoms with E-state index in [1.807, 2.05) is 0 Å². The second-order valence-electron chi connectivity index (χ2n) is 3.56. The molecule has 1 atom stereocenters. The van der Waals surface area contributed by atoms with Crippen molar-refractivity contribution in [3.63, 3.8) is 0 Å². The lowest BCUT2D eigenvalue weighted by atomic mass is 10.0. The van der Waals surface area contributed by atoms with E-state index in [0.717, 1.165) is 10.0 Å². The van der Waals surface area contributed by atoms with Crippen molar-refractivity contribution in [3.05, 3.63) is 56.2 Å². The Morgan fingerprint density at radius 3 is 2.80 bits per heavy atom. The number of hydrogen-bond acceptors (Lipinski definition) is 2. The summed E-state index contributed by atoms with van der Waals surface area (Å²) in [4.78, 5) is 0. The van der Waals surface area contributed by atoms with E-state index in [1.165, 1.54) is 11.1 Å². The summed E-state index contributed by atoms with van der Waals surface area (Å²) in [6.45, 7) is 2.08. The zero-order valence-corrected chi connectivity index (χ0v) is 10.8. The van der Waals surface area contributed by atoms with Crippen molar-refractivity contribution in [2.24, 2.45) is 5.73 Å². The SMILES string of the molecule is Cc1ccc(Br)c(C(N)c2ccsc2)c1. The molecular weight excluding hydrogens is 270 g/mol. The summed E-state index contributed by atoms with van der Waals surface area (Å²) < 4.78 is 1.08. The molecule has 0 bridgehead atoms. The first-order chi connectivity index (χ1) is 7.18. The molecule has 2 rings (SSSR count). The highest BCUT2D eigenvalue weighted by Crippen LogP contribution is 2.28. The number of benzene rings is 1. The zero-order valence-electron chi connectivity index (χ0n) is 8.41. The van der Waals surface area contributed by atoms with Gasteiger partial charge in [0.15, 0.2) is 0 Å². The van der Waals surface area contributed by atoms with Crippen molar-refractivity contribution in [3.8, 4) is 0 Å². The summed E-state index contributed by atoms with van der Waals surface area (Å²) in [5.74, 6) is 0. The first-order valence-electron chi connectivity index (χ1n) is 4.72. The molecule has 1 heterocycles. The Hall–Kier alpha value is -0.640. The molecule has 0 aliphatic carbocycles. The predicted molar refractivity (Wildman–Crippen MR) is 69.2 cm³/mol. The molecule has 0 aliphatic rings. The molecule has 1 unspecified atom stereocenters. The summed E-state index contributed by atoms with van der Waals surface area (Å²) in [7, 11) is 0. The molecule has 3 heteroatoms. The molecule has 0 spiro atoms. The van der Waals surface area contributed by atoms with Gasteiger partial charge < -0.3 is 5.73 Å². The van der Waals surface area contributed by atoms with Crippen LogP contribution >= 0.6 is 27.3 Å². The Morgan fingerprint density at radius 2 is 2.13 bits per heavy atom. The van der Waals surface area contributed by atoms with Crippen LogP contribution < -0.4 is 5.73 Å². The van der Waals surface area contributed by atoms with E-state index >= 15 is 0 Å². The van der Waals surface area contributed by atoms with E-state index in [2.05, 4.69) is 57.9 Å². The van der Waals surface area contributed by atoms with E-state index < -0.39 is 0 Å². The second kappa shape index (κ2) is 4.47. The van der Waals surface area contributed by atoms with Crippen LogP contribution in [0.3, 0.4) is 0 Å². The van der Waals surface area contributed by atoms with Gasteiger partial charge in [0.2, 0.25) is 0 Å². The molecule has 1 aromatic heterocycles. The highest BCUT2D eigenvalue weighted by Gasteiger charge is 2.12. The maximum Gasteiger partial charge on any atom is 0.0571 e. The van der Waals surface area contributed by atoms with Crippen LogP contribution in [0.2, 0.25) is 0 Å². The number of aryl methyl sites for hydroxylation is 1. The van der Waals surface area contributed by atoms with Gasteiger partial charge in [-0.3, -0.25) is 0 Å². The Balaban J connectivity index is 2.41. The third-order valence-corrected chi connectivity index (χ3v) is 3.81. The van der Waals surface area contributed by atoms with Crippen LogP contribution in [0.1, 0.15) is 22.7 Å². The van der Waals surface area contributed by atoms with Gasteiger partial charge >= 0.3 is 0 Å². The molecule has 0 radical (unpaired) electrons. The van der Waals surface area contributed by atoms with Crippen LogP contribution in [-0.4, -0.2) is 0 Å². The maximum atomic E-state index is 6.21. The highest BCUT2D eigenvalue weighted by atomic mass is 79.9. The van der Waals surface area contributed by atoms with Crippen molar-refractivity contribution in [2.75, 3.05) is 0 Å². The zero-order chi connectivity index (χ0) is 10.8. The van der Waals surface area contributed by atoms with Crippen molar-refractivity contribution < 1.29 is 0 Å². The fourth-order valence-corrected chi connectivity index (χ4v) is 2.72. The molecule has 0 saturated carbocycles. The minimum absolute atomic E-state index is 0.0366. The minimum Gasteiger partial charge on any atom is -0.320 e. The number of hydrogen-bond donors (Lipinski definition) is 1. The van der Waals surface area contributed by atoms with Gasteiger partial charge in [-0.15, -0.1) is 0 Å². The highest BCUT2D eigenvalue weighted by molar-refractivity contribution is 9.10. The van der Waals surface area contributed by atoms with Crippen LogP contribution in [-0.2, 0) is 0 Å². The number of thiophene rings is 1. The van der Waals surface area contributed by atoms with Gasteiger partial charge in [-0.25, -0.2) is 0 Å². The van der Waals surface area contributed by atoms with Gasteiger partial charge in [-0.2, -0.15) is 11.3 Å². The standard InChI is InChI=1S/C12H12BrNS/c1-8-2-3-11(13)10(6-8)12(14)9-4-5-15-7-9/h2-7,12H,14H2,1H3. The largest absolute Gasteiger partial charge is 0.320 e. The smallest absolute Gasteiger partial charge is 0.0571 e. The van der Waals surface area contributed by atoms with E-state index in [1.54, 1.807) is 11.3 Å². The van der Waals surface area contributed by atoms with Crippen molar-refractivity contribution in [1.82, 2.24) is 0 Å². The van der Waals surface area contributed by atoms with Crippen LogP contribution in [0.4, 0.5) is 0 Å². The Bertz CT molecular complexity index is 451. The second-order valence-corrected chi connectivity index (χ2v) is 5.19. The lowest BCUT2D eigenvalue weighted by Crippen LogP contribution is -2.11. The Morgan fingerprint density at radius 1 is 1.33 bits per heavy atom. The summed E-state index contributed by atoms with van der Waals surface area (Å²) >= 11 is 5.22. The van der Waals surface area contributed by atoms with Crippen LogP contribution in [0.5, 0.6) is 0 Å². The average Bonchev–Trinajstić information content (AvgIpc) is 2.74. The van der Waals surface area contributed by atoms with E-state index in [9.17, 15) is 0 Å². The summed E-state index contributed by atoms with van der Waals surface area (Å²) in [6, 6.07) is 8.30. The lowest BCUT2D eigenvalue weighted by Gasteiger charge is -2.13. The van der Waals surface area contributed by atoms with Gasteiger partial charge in [-0.05, 0) is 40.9 Å². The Labute approximate surface area is 102 Å². The van der Waals surface area contributed by atoms with E-state index in [0.29, 0.717) is 0 Å². The molecule has 15 heavy (non-hydrogen) atoms. The monoisotopic (exact) mass is 281 g/mol. The fraction of sp³-hybridized carbons (Fsp3) is 0.167. The van der Waals surface area contributed by atoms with Gasteiger partial charge in [0.1, 0.15) is 0 Å². The van der Waals surface area contributed by atoms with Crippen molar-refractivity contribution in [1.29, 1.82) is 0 Å². The molecule has 0 fully saturated rings. The van der Waals surface area contributed by atoms with Gasteiger partial charge in [-0.1, -0.05) is 33.6 Å². The minimum atomic E-state index is -0.0366. The predicted octanol–water partition coefficient (Wildman–Crippen LogP) is 3.87. The summed E-state index contributed by atoms with van der Waals surface area (Å²) in [5.41, 5.74) is 9.76. The third-order valence-electron chi connectivity index (χ3n) is 2.39. The first-order valence-corrected chi connectivity index (χ1v) is 6.46. The normalized spacial score (nSPS) is 12.7. The van der Waals surface area contributed by atoms with Crippen LogP contribution in [0.25, 0.3) is 0 Å². The molecular formula is C12H12BrNS. The summed E-state index contributed by atoms with van der Waals surface area (Å²) in [5, 5.41) is 4.15. The quantitative estimate of drug-likeness (QED) is 0.889. The van der Waals surface area contributed by atoms with E-state index in [4.69, 9.17) is 5.73 Å². The molecule has 0 amide bonds. The van der Waals surface area contributed by atoms with E-state index in [-0.39, 0.29) is 6.04 Å². The maximum absolute atomic E-state index is 6.21. The van der Waals surface area contributed by atoms with Gasteiger partial charge in [0, 0.05) is 4.47 Å². The van der Waals surface area contributed by atoms with Crippen LogP contribution in [0.15, 0.2) is 39.5 Å². The van der Waals surface area contributed by atoms with Crippen molar-refractivity contribution in [2.45, 2.75) is 13.0 Å². The Kier molecular flexibility index (Phi) is 3.24. The summed E-state index contributed by atoms with van der Waals surface area (Å²) in [6.07, 6.45) is 0. The van der Waals surface area contributed by atoms with Gasteiger partial charge in [0.25, 0.3) is 0 Å². The van der Waals surface area contributed by atoms with Crippen molar-refractivity contribution >= 4 is 27.3 Å². The number of nitrogens with two attached hydrogens (primary N) is 1. The molecule has 0 aliphatic heterocycles. The number of rotatable bonds is 2. The molecule has 2 N–H and O–H groups in total. The molecule has 78 valence electrons. The average molecular weight is 282 g/mol. The third kappa shape index (κ3) is 2.30. The molecule has 0 saturated heterocycles. The molecule has 1 nitrogen and oxygen atoms in total. The number of halogens is 1. The lowest BCUT2D eigenvalue weighted by molar-refractivity contribution is 0.869. The van der Waals surface area contributed by atoms with Crippen LogP contribution in [0, 0.1) is 6.92 Å². The fourth-order valence-electron chi connectivity index (χ4n) is 1.53.